The maximum atomic E-state index is 12.2. The molecule has 3 aromatic rings. The summed E-state index contributed by atoms with van der Waals surface area (Å²) in [6.07, 6.45) is 0.339. The Morgan fingerprint density at radius 1 is 1.17 bits per heavy atom. The van der Waals surface area contributed by atoms with Crippen molar-refractivity contribution in [3.05, 3.63) is 58.9 Å². The fourth-order valence-electron chi connectivity index (χ4n) is 2.38. The molecule has 0 bridgehead atoms. The SMILES string of the molecule is CCSc1ccc(CC(=O)N=c2sc3ccccc3n2C)cc1. The van der Waals surface area contributed by atoms with Crippen molar-refractivity contribution in [2.45, 2.75) is 18.2 Å². The molecule has 0 spiro atoms. The van der Waals surface area contributed by atoms with E-state index in [9.17, 15) is 4.79 Å². The number of rotatable bonds is 4. The molecule has 3 nitrogen and oxygen atoms in total. The van der Waals surface area contributed by atoms with Crippen LogP contribution in [0, 0.1) is 0 Å². The Bertz CT molecular complexity index is 891. The number of fused-ring (bicyclic) bond motifs is 1. The van der Waals surface area contributed by atoms with Gasteiger partial charge < -0.3 is 4.57 Å². The van der Waals surface area contributed by atoms with Gasteiger partial charge >= 0.3 is 0 Å². The third-order valence-corrected chi connectivity index (χ3v) is 5.53. The van der Waals surface area contributed by atoms with Gasteiger partial charge in [-0.05, 0) is 35.6 Å². The number of benzene rings is 2. The predicted molar refractivity (Wildman–Crippen MR) is 97.9 cm³/mol. The summed E-state index contributed by atoms with van der Waals surface area (Å²) in [7, 11) is 1.95. The van der Waals surface area contributed by atoms with E-state index in [-0.39, 0.29) is 5.91 Å². The molecule has 0 fully saturated rings. The van der Waals surface area contributed by atoms with Gasteiger partial charge in [0.25, 0.3) is 5.91 Å². The summed E-state index contributed by atoms with van der Waals surface area (Å²) in [5, 5.41) is 0. The molecule has 0 aliphatic carbocycles. The number of carbonyl (C=O) groups is 1. The van der Waals surface area contributed by atoms with Gasteiger partial charge in [0.2, 0.25) is 0 Å². The molecule has 0 aliphatic rings. The van der Waals surface area contributed by atoms with Gasteiger partial charge in [0.15, 0.2) is 4.80 Å². The smallest absolute Gasteiger partial charge is 0.252 e. The Kier molecular flexibility index (Phi) is 4.98. The Balaban J connectivity index is 1.81. The fraction of sp³-hybridized carbons (Fsp3) is 0.222. The van der Waals surface area contributed by atoms with Crippen molar-refractivity contribution >= 4 is 39.2 Å². The van der Waals surface area contributed by atoms with Crippen LogP contribution in [0.2, 0.25) is 0 Å². The quantitative estimate of drug-likeness (QED) is 0.671. The molecule has 0 radical (unpaired) electrons. The molecular weight excluding hydrogens is 324 g/mol. The number of aromatic nitrogens is 1. The minimum atomic E-state index is -0.108. The van der Waals surface area contributed by atoms with Crippen LogP contribution in [0.15, 0.2) is 58.4 Å². The number of thioether (sulfide) groups is 1. The van der Waals surface area contributed by atoms with E-state index in [1.807, 2.05) is 48.0 Å². The molecule has 3 rings (SSSR count). The van der Waals surface area contributed by atoms with E-state index in [0.29, 0.717) is 6.42 Å². The van der Waals surface area contributed by atoms with Crippen LogP contribution >= 0.6 is 23.1 Å². The van der Waals surface area contributed by atoms with Crippen molar-refractivity contribution in [3.63, 3.8) is 0 Å². The highest BCUT2D eigenvalue weighted by Crippen LogP contribution is 2.18. The van der Waals surface area contributed by atoms with Crippen LogP contribution in [-0.4, -0.2) is 16.2 Å². The number of hydrogen-bond donors (Lipinski definition) is 0. The molecule has 118 valence electrons. The van der Waals surface area contributed by atoms with Crippen LogP contribution in [0.5, 0.6) is 0 Å². The lowest BCUT2D eigenvalue weighted by molar-refractivity contribution is -0.117. The first-order chi connectivity index (χ1) is 11.2. The van der Waals surface area contributed by atoms with E-state index in [2.05, 4.69) is 24.0 Å². The summed E-state index contributed by atoms with van der Waals surface area (Å²) in [5.41, 5.74) is 2.10. The first-order valence-corrected chi connectivity index (χ1v) is 9.31. The normalized spacial score (nSPS) is 12.0. The van der Waals surface area contributed by atoms with E-state index in [1.165, 1.54) is 4.90 Å². The number of nitrogens with zero attached hydrogens (tertiary/aromatic N) is 2. The molecule has 1 aromatic heterocycles. The van der Waals surface area contributed by atoms with Gasteiger partial charge in [0, 0.05) is 11.9 Å². The zero-order valence-corrected chi connectivity index (χ0v) is 14.8. The molecule has 0 unspecified atom stereocenters. The molecule has 0 saturated heterocycles. The molecule has 5 heteroatoms. The molecule has 1 heterocycles. The summed E-state index contributed by atoms with van der Waals surface area (Å²) in [6.45, 7) is 2.13. The van der Waals surface area contributed by atoms with Gasteiger partial charge in [-0.2, -0.15) is 4.99 Å². The summed E-state index contributed by atoms with van der Waals surface area (Å²) in [6, 6.07) is 16.2. The molecular formula is C18H18N2OS2. The average Bonchev–Trinajstić information content (AvgIpc) is 2.86. The van der Waals surface area contributed by atoms with Gasteiger partial charge in [-0.1, -0.05) is 42.5 Å². The highest BCUT2D eigenvalue weighted by Gasteiger charge is 2.06. The van der Waals surface area contributed by atoms with Crippen LogP contribution in [0.3, 0.4) is 0 Å². The van der Waals surface area contributed by atoms with E-state index < -0.39 is 0 Å². The zero-order chi connectivity index (χ0) is 16.2. The molecule has 0 aliphatic heterocycles. The Morgan fingerprint density at radius 3 is 2.61 bits per heavy atom. The second kappa shape index (κ2) is 7.15. The molecule has 23 heavy (non-hydrogen) atoms. The van der Waals surface area contributed by atoms with E-state index >= 15 is 0 Å². The number of para-hydroxylation sites is 1. The van der Waals surface area contributed by atoms with Crippen molar-refractivity contribution in [1.82, 2.24) is 4.57 Å². The van der Waals surface area contributed by atoms with E-state index in [1.54, 1.807) is 23.1 Å². The van der Waals surface area contributed by atoms with Crippen molar-refractivity contribution in [2.75, 3.05) is 5.75 Å². The van der Waals surface area contributed by atoms with Crippen molar-refractivity contribution < 1.29 is 4.79 Å². The van der Waals surface area contributed by atoms with Crippen LogP contribution < -0.4 is 4.80 Å². The Labute approximate surface area is 143 Å². The van der Waals surface area contributed by atoms with Crippen molar-refractivity contribution in [2.24, 2.45) is 12.0 Å². The molecule has 0 saturated carbocycles. The monoisotopic (exact) mass is 342 g/mol. The Morgan fingerprint density at radius 2 is 1.91 bits per heavy atom. The predicted octanol–water partition coefficient (Wildman–Crippen LogP) is 4.02. The topological polar surface area (TPSA) is 34.4 Å². The maximum absolute atomic E-state index is 12.2. The van der Waals surface area contributed by atoms with Gasteiger partial charge in [0.05, 0.1) is 16.6 Å². The van der Waals surface area contributed by atoms with Crippen LogP contribution in [0.4, 0.5) is 0 Å². The van der Waals surface area contributed by atoms with E-state index in [0.717, 1.165) is 26.3 Å². The molecule has 2 aromatic carbocycles. The Hall–Kier alpha value is -1.85. The minimum absolute atomic E-state index is 0.108. The maximum Gasteiger partial charge on any atom is 0.252 e. The van der Waals surface area contributed by atoms with Gasteiger partial charge in [-0.3, -0.25) is 4.79 Å². The van der Waals surface area contributed by atoms with Gasteiger partial charge in [0.1, 0.15) is 0 Å². The summed E-state index contributed by atoms with van der Waals surface area (Å²) in [4.78, 5) is 18.5. The van der Waals surface area contributed by atoms with Crippen LogP contribution in [0.25, 0.3) is 10.2 Å². The first-order valence-electron chi connectivity index (χ1n) is 7.51. The standard InChI is InChI=1S/C18H18N2OS2/c1-3-22-14-10-8-13(9-11-14)12-17(21)19-18-20(2)15-6-4-5-7-16(15)23-18/h4-11H,3,12H2,1-2H3. The van der Waals surface area contributed by atoms with Gasteiger partial charge in [-0.15, -0.1) is 11.8 Å². The second-order valence-corrected chi connectivity index (χ2v) is 7.52. The molecule has 0 N–H and O–H groups in total. The highest BCUT2D eigenvalue weighted by atomic mass is 32.2. The largest absolute Gasteiger partial charge is 0.319 e. The number of carbonyl (C=O) groups excluding carboxylic acids is 1. The first kappa shape index (κ1) is 16.0. The highest BCUT2D eigenvalue weighted by molar-refractivity contribution is 7.99. The lowest BCUT2D eigenvalue weighted by atomic mass is 10.1. The van der Waals surface area contributed by atoms with Gasteiger partial charge in [-0.25, -0.2) is 0 Å². The number of amides is 1. The van der Waals surface area contributed by atoms with Crippen LogP contribution in [-0.2, 0) is 18.3 Å². The lowest BCUT2D eigenvalue weighted by Gasteiger charge is -2.01. The molecule has 0 atom stereocenters. The summed E-state index contributed by atoms with van der Waals surface area (Å²) >= 11 is 3.34. The van der Waals surface area contributed by atoms with E-state index in [4.69, 9.17) is 0 Å². The van der Waals surface area contributed by atoms with Crippen molar-refractivity contribution in [1.29, 1.82) is 0 Å². The zero-order valence-electron chi connectivity index (χ0n) is 13.2. The van der Waals surface area contributed by atoms with Crippen LogP contribution in [0.1, 0.15) is 12.5 Å². The number of thiazole rings is 1. The third-order valence-electron chi connectivity index (χ3n) is 3.52. The summed E-state index contributed by atoms with van der Waals surface area (Å²) < 4.78 is 3.11. The average molecular weight is 342 g/mol. The number of aryl methyl sites for hydroxylation is 1. The number of hydrogen-bond acceptors (Lipinski definition) is 3. The second-order valence-electron chi connectivity index (χ2n) is 5.17. The van der Waals surface area contributed by atoms with Crippen molar-refractivity contribution in [3.8, 4) is 0 Å². The lowest BCUT2D eigenvalue weighted by Crippen LogP contribution is -2.14. The molecule has 1 amide bonds. The third kappa shape index (κ3) is 3.74. The minimum Gasteiger partial charge on any atom is -0.319 e. The summed E-state index contributed by atoms with van der Waals surface area (Å²) in [5.74, 6) is 0.943. The fourth-order valence-corrected chi connectivity index (χ4v) is 4.08.